The summed E-state index contributed by atoms with van der Waals surface area (Å²) in [4.78, 5) is 3.23. The van der Waals surface area contributed by atoms with E-state index in [1.54, 1.807) is 0 Å². The van der Waals surface area contributed by atoms with Gasteiger partial charge >= 0.3 is 0 Å². The lowest BCUT2D eigenvalue weighted by molar-refractivity contribution is 0.0913. The van der Waals surface area contributed by atoms with Crippen LogP contribution in [0.25, 0.3) is 0 Å². The molecule has 0 bridgehead atoms. The summed E-state index contributed by atoms with van der Waals surface area (Å²) in [6, 6.07) is 20.5. The fourth-order valence-electron chi connectivity index (χ4n) is 2.73. The first-order chi connectivity index (χ1) is 10.9. The standard InChI is InChI=1S/C19H17NO2/c1-2-6-18-17(5-1)21-13-19(22-18)15-9-7-14(8-10-15)12-16-4-3-11-20-16/h1-11,19-20H,12-13H2/t19-/m1/s1. The number of ether oxygens (including phenoxy) is 2. The van der Waals surface area contributed by atoms with E-state index in [0.29, 0.717) is 6.61 Å². The maximum atomic E-state index is 6.03. The molecule has 4 rings (SSSR count). The normalized spacial score (nSPS) is 16.5. The number of aromatic nitrogens is 1. The van der Waals surface area contributed by atoms with Crippen molar-refractivity contribution in [2.75, 3.05) is 6.61 Å². The van der Waals surface area contributed by atoms with E-state index in [0.717, 1.165) is 23.5 Å². The largest absolute Gasteiger partial charge is 0.485 e. The quantitative estimate of drug-likeness (QED) is 0.787. The zero-order valence-corrected chi connectivity index (χ0v) is 12.2. The Hall–Kier alpha value is -2.68. The molecule has 1 aliphatic rings. The highest BCUT2D eigenvalue weighted by Gasteiger charge is 2.21. The van der Waals surface area contributed by atoms with Gasteiger partial charge in [0.15, 0.2) is 17.6 Å². The highest BCUT2D eigenvalue weighted by atomic mass is 16.6. The average molecular weight is 291 g/mol. The van der Waals surface area contributed by atoms with Crippen LogP contribution in [-0.4, -0.2) is 11.6 Å². The molecular formula is C19H17NO2. The van der Waals surface area contributed by atoms with Crippen molar-refractivity contribution < 1.29 is 9.47 Å². The summed E-state index contributed by atoms with van der Waals surface area (Å²) in [5.41, 5.74) is 3.65. The second-order valence-corrected chi connectivity index (χ2v) is 5.48. The summed E-state index contributed by atoms with van der Waals surface area (Å²) in [5, 5.41) is 0. The maximum absolute atomic E-state index is 6.03. The first-order valence-corrected chi connectivity index (χ1v) is 7.48. The molecule has 0 aliphatic carbocycles. The van der Waals surface area contributed by atoms with Crippen LogP contribution in [0, 0.1) is 0 Å². The third-order valence-corrected chi connectivity index (χ3v) is 3.92. The molecule has 0 amide bonds. The van der Waals surface area contributed by atoms with Crippen LogP contribution < -0.4 is 9.47 Å². The van der Waals surface area contributed by atoms with Gasteiger partial charge in [-0.3, -0.25) is 0 Å². The molecule has 110 valence electrons. The van der Waals surface area contributed by atoms with Crippen molar-refractivity contribution in [1.29, 1.82) is 0 Å². The Bertz CT molecular complexity index is 747. The molecule has 1 N–H and O–H groups in total. The minimum atomic E-state index is -0.0468. The van der Waals surface area contributed by atoms with Gasteiger partial charge in [0.05, 0.1) is 0 Å². The van der Waals surface area contributed by atoms with E-state index in [2.05, 4.69) is 35.3 Å². The molecule has 0 fully saturated rings. The number of hydrogen-bond donors (Lipinski definition) is 1. The first kappa shape index (κ1) is 13.0. The highest BCUT2D eigenvalue weighted by Crippen LogP contribution is 2.35. The molecule has 1 aliphatic heterocycles. The van der Waals surface area contributed by atoms with Crippen LogP contribution in [0.3, 0.4) is 0 Å². The maximum Gasteiger partial charge on any atom is 0.162 e. The lowest BCUT2D eigenvalue weighted by atomic mass is 10.0. The van der Waals surface area contributed by atoms with E-state index in [1.807, 2.05) is 36.5 Å². The van der Waals surface area contributed by atoms with Gasteiger partial charge in [0.25, 0.3) is 0 Å². The zero-order valence-electron chi connectivity index (χ0n) is 12.2. The van der Waals surface area contributed by atoms with E-state index in [9.17, 15) is 0 Å². The minimum Gasteiger partial charge on any atom is -0.485 e. The van der Waals surface area contributed by atoms with Gasteiger partial charge in [-0.15, -0.1) is 0 Å². The number of hydrogen-bond acceptors (Lipinski definition) is 2. The Morgan fingerprint density at radius 3 is 2.50 bits per heavy atom. The Kier molecular flexibility index (Phi) is 3.31. The molecule has 1 aromatic heterocycles. The molecule has 2 heterocycles. The number of nitrogens with one attached hydrogen (secondary N) is 1. The Balaban J connectivity index is 1.50. The van der Waals surface area contributed by atoms with Gasteiger partial charge in [0.2, 0.25) is 0 Å². The molecule has 0 unspecified atom stereocenters. The fraction of sp³-hybridized carbons (Fsp3) is 0.158. The molecule has 3 nitrogen and oxygen atoms in total. The molecule has 0 spiro atoms. The summed E-state index contributed by atoms with van der Waals surface area (Å²) < 4.78 is 11.8. The average Bonchev–Trinajstić information content (AvgIpc) is 3.08. The van der Waals surface area contributed by atoms with Gasteiger partial charge < -0.3 is 14.5 Å². The van der Waals surface area contributed by atoms with Crippen LogP contribution in [-0.2, 0) is 6.42 Å². The highest BCUT2D eigenvalue weighted by molar-refractivity contribution is 5.41. The van der Waals surface area contributed by atoms with Crippen LogP contribution >= 0.6 is 0 Å². The van der Waals surface area contributed by atoms with Crippen molar-refractivity contribution in [3.8, 4) is 11.5 Å². The van der Waals surface area contributed by atoms with Crippen LogP contribution in [0.2, 0.25) is 0 Å². The Morgan fingerprint density at radius 1 is 0.909 bits per heavy atom. The van der Waals surface area contributed by atoms with Gasteiger partial charge in [-0.25, -0.2) is 0 Å². The summed E-state index contributed by atoms with van der Waals surface area (Å²) in [6.45, 7) is 0.549. The van der Waals surface area contributed by atoms with Crippen LogP contribution in [0.4, 0.5) is 0 Å². The molecule has 0 radical (unpaired) electrons. The summed E-state index contributed by atoms with van der Waals surface area (Å²) >= 11 is 0. The Labute approximate surface area is 129 Å². The third-order valence-electron chi connectivity index (χ3n) is 3.92. The molecule has 3 heteroatoms. The van der Waals surface area contributed by atoms with Crippen molar-refractivity contribution in [2.24, 2.45) is 0 Å². The van der Waals surface area contributed by atoms with Gasteiger partial charge in [0.1, 0.15) is 6.61 Å². The van der Waals surface area contributed by atoms with E-state index in [4.69, 9.17) is 9.47 Å². The zero-order chi connectivity index (χ0) is 14.8. The number of para-hydroxylation sites is 2. The SMILES string of the molecule is c1c[nH]c(Cc2ccc([C@H]3COc4ccccc4O3)cc2)c1. The molecule has 1 atom stereocenters. The molecular weight excluding hydrogens is 274 g/mol. The lowest BCUT2D eigenvalue weighted by Crippen LogP contribution is -2.21. The number of fused-ring (bicyclic) bond motifs is 1. The second-order valence-electron chi connectivity index (χ2n) is 5.48. The summed E-state index contributed by atoms with van der Waals surface area (Å²) in [6.07, 6.45) is 2.82. The lowest BCUT2D eigenvalue weighted by Gasteiger charge is -2.26. The van der Waals surface area contributed by atoms with Gasteiger partial charge in [-0.1, -0.05) is 36.4 Å². The first-order valence-electron chi connectivity index (χ1n) is 7.48. The molecule has 2 aromatic carbocycles. The number of aromatic amines is 1. The van der Waals surface area contributed by atoms with Crippen LogP contribution in [0.5, 0.6) is 11.5 Å². The predicted molar refractivity (Wildman–Crippen MR) is 85.3 cm³/mol. The smallest absolute Gasteiger partial charge is 0.162 e. The van der Waals surface area contributed by atoms with Gasteiger partial charge in [-0.2, -0.15) is 0 Å². The van der Waals surface area contributed by atoms with Crippen LogP contribution in [0.1, 0.15) is 22.9 Å². The topological polar surface area (TPSA) is 34.2 Å². The molecule has 0 saturated heterocycles. The van der Waals surface area contributed by atoms with E-state index in [-0.39, 0.29) is 6.10 Å². The number of H-pyrrole nitrogens is 1. The molecule has 3 aromatic rings. The van der Waals surface area contributed by atoms with Gasteiger partial charge in [-0.05, 0) is 35.4 Å². The fourth-order valence-corrected chi connectivity index (χ4v) is 2.73. The summed E-state index contributed by atoms with van der Waals surface area (Å²) in [7, 11) is 0. The van der Waals surface area contributed by atoms with Gasteiger partial charge in [0, 0.05) is 18.3 Å². The van der Waals surface area contributed by atoms with Crippen molar-refractivity contribution in [3.05, 3.63) is 83.7 Å². The van der Waals surface area contributed by atoms with Crippen molar-refractivity contribution in [3.63, 3.8) is 0 Å². The van der Waals surface area contributed by atoms with E-state index < -0.39 is 0 Å². The van der Waals surface area contributed by atoms with Crippen molar-refractivity contribution in [2.45, 2.75) is 12.5 Å². The third kappa shape index (κ3) is 2.58. The monoisotopic (exact) mass is 291 g/mol. The Morgan fingerprint density at radius 2 is 1.73 bits per heavy atom. The van der Waals surface area contributed by atoms with Crippen molar-refractivity contribution in [1.82, 2.24) is 4.98 Å². The van der Waals surface area contributed by atoms with Crippen LogP contribution in [0.15, 0.2) is 66.9 Å². The molecule has 0 saturated carbocycles. The number of benzene rings is 2. The molecule has 22 heavy (non-hydrogen) atoms. The van der Waals surface area contributed by atoms with Crippen molar-refractivity contribution >= 4 is 0 Å². The second kappa shape index (κ2) is 5.60. The van der Waals surface area contributed by atoms with E-state index >= 15 is 0 Å². The summed E-state index contributed by atoms with van der Waals surface area (Å²) in [5.74, 6) is 1.64. The minimum absolute atomic E-state index is 0.0468. The predicted octanol–water partition coefficient (Wildman–Crippen LogP) is 4.12. The van der Waals surface area contributed by atoms with E-state index in [1.165, 1.54) is 11.3 Å². The number of rotatable bonds is 3.